The minimum atomic E-state index is 0.490. The first-order chi connectivity index (χ1) is 6.25. The number of nitrogens with one attached hydrogen (secondary N) is 1. The molecule has 2 heteroatoms. The van der Waals surface area contributed by atoms with Crippen molar-refractivity contribution < 1.29 is 4.74 Å². The van der Waals surface area contributed by atoms with E-state index in [2.05, 4.69) is 19.2 Å². The highest BCUT2D eigenvalue weighted by Crippen LogP contribution is 2.26. The number of ether oxygens (including phenoxy) is 1. The van der Waals surface area contributed by atoms with E-state index >= 15 is 0 Å². The second-order valence-corrected chi connectivity index (χ2v) is 4.67. The molecule has 0 bridgehead atoms. The molecule has 2 nitrogen and oxygen atoms in total. The quantitative estimate of drug-likeness (QED) is 0.672. The lowest BCUT2D eigenvalue weighted by molar-refractivity contribution is 0.0218. The first kappa shape index (κ1) is 9.47. The fourth-order valence-corrected chi connectivity index (χ4v) is 2.60. The fourth-order valence-electron chi connectivity index (χ4n) is 2.60. The number of piperidine rings is 1. The monoisotopic (exact) mass is 183 g/mol. The Morgan fingerprint density at radius 3 is 2.54 bits per heavy atom. The molecule has 0 amide bonds. The van der Waals surface area contributed by atoms with Gasteiger partial charge in [0.25, 0.3) is 0 Å². The van der Waals surface area contributed by atoms with Crippen LogP contribution in [0.15, 0.2) is 0 Å². The molecule has 2 aliphatic rings. The van der Waals surface area contributed by atoms with Gasteiger partial charge in [0.1, 0.15) is 0 Å². The summed E-state index contributed by atoms with van der Waals surface area (Å²) < 4.78 is 5.89. The SMILES string of the molecule is CC1CCCC(C2CCC(C)O2)N1. The Morgan fingerprint density at radius 2 is 1.92 bits per heavy atom. The Hall–Kier alpha value is -0.0800. The van der Waals surface area contributed by atoms with E-state index in [-0.39, 0.29) is 0 Å². The predicted octanol–water partition coefficient (Wildman–Crippen LogP) is 2.08. The maximum absolute atomic E-state index is 5.89. The summed E-state index contributed by atoms with van der Waals surface area (Å²) in [4.78, 5) is 0. The van der Waals surface area contributed by atoms with Crippen molar-refractivity contribution in [3.63, 3.8) is 0 Å². The zero-order valence-corrected chi connectivity index (χ0v) is 8.75. The molecule has 0 aliphatic carbocycles. The number of rotatable bonds is 1. The van der Waals surface area contributed by atoms with Crippen molar-refractivity contribution in [1.82, 2.24) is 5.32 Å². The third kappa shape index (κ3) is 2.23. The van der Waals surface area contributed by atoms with Gasteiger partial charge in [-0.05, 0) is 39.5 Å². The van der Waals surface area contributed by atoms with Gasteiger partial charge in [-0.2, -0.15) is 0 Å². The summed E-state index contributed by atoms with van der Waals surface area (Å²) in [7, 11) is 0. The molecule has 1 N–H and O–H groups in total. The molecule has 2 heterocycles. The average molecular weight is 183 g/mol. The number of hydrogen-bond donors (Lipinski definition) is 1. The van der Waals surface area contributed by atoms with Gasteiger partial charge in [0.15, 0.2) is 0 Å². The van der Waals surface area contributed by atoms with Crippen molar-refractivity contribution in [2.24, 2.45) is 0 Å². The molecule has 0 aromatic carbocycles. The van der Waals surface area contributed by atoms with Crippen molar-refractivity contribution in [2.75, 3.05) is 0 Å². The first-order valence-corrected chi connectivity index (χ1v) is 5.67. The van der Waals surface area contributed by atoms with Crippen LogP contribution in [0.5, 0.6) is 0 Å². The molecule has 13 heavy (non-hydrogen) atoms. The predicted molar refractivity (Wildman–Crippen MR) is 53.8 cm³/mol. The highest BCUT2D eigenvalue weighted by Gasteiger charge is 2.31. The summed E-state index contributed by atoms with van der Waals surface area (Å²) in [6.45, 7) is 4.47. The molecular formula is C11H21NO. The van der Waals surface area contributed by atoms with Gasteiger partial charge in [-0.25, -0.2) is 0 Å². The van der Waals surface area contributed by atoms with Crippen LogP contribution in [0.3, 0.4) is 0 Å². The van der Waals surface area contributed by atoms with Gasteiger partial charge < -0.3 is 10.1 Å². The summed E-state index contributed by atoms with van der Waals surface area (Å²) in [6, 6.07) is 1.33. The highest BCUT2D eigenvalue weighted by molar-refractivity contribution is 4.87. The average Bonchev–Trinajstić information content (AvgIpc) is 2.52. The molecule has 0 saturated carbocycles. The van der Waals surface area contributed by atoms with Crippen LogP contribution >= 0.6 is 0 Å². The zero-order chi connectivity index (χ0) is 9.26. The van der Waals surface area contributed by atoms with E-state index in [4.69, 9.17) is 4.74 Å². The Labute approximate surface area is 81.0 Å². The maximum Gasteiger partial charge on any atom is 0.0732 e. The molecule has 0 radical (unpaired) electrons. The summed E-state index contributed by atoms with van der Waals surface area (Å²) >= 11 is 0. The summed E-state index contributed by atoms with van der Waals surface area (Å²) in [5, 5.41) is 3.65. The van der Waals surface area contributed by atoms with Crippen molar-refractivity contribution in [3.05, 3.63) is 0 Å². The maximum atomic E-state index is 5.89. The van der Waals surface area contributed by atoms with Crippen LogP contribution in [0.25, 0.3) is 0 Å². The van der Waals surface area contributed by atoms with Crippen molar-refractivity contribution in [3.8, 4) is 0 Å². The van der Waals surface area contributed by atoms with Gasteiger partial charge in [0.05, 0.1) is 12.2 Å². The van der Waals surface area contributed by atoms with E-state index < -0.39 is 0 Å². The Kier molecular flexibility index (Phi) is 2.89. The largest absolute Gasteiger partial charge is 0.374 e. The minimum Gasteiger partial charge on any atom is -0.374 e. The molecule has 0 aromatic rings. The Bertz CT molecular complexity index is 171. The third-order valence-corrected chi connectivity index (χ3v) is 3.36. The summed E-state index contributed by atoms with van der Waals surface area (Å²) in [5.74, 6) is 0. The van der Waals surface area contributed by atoms with Gasteiger partial charge in [-0.3, -0.25) is 0 Å². The van der Waals surface area contributed by atoms with Gasteiger partial charge in [-0.15, -0.1) is 0 Å². The molecular weight excluding hydrogens is 162 g/mol. The molecule has 76 valence electrons. The van der Waals surface area contributed by atoms with Crippen LogP contribution in [0, 0.1) is 0 Å². The molecule has 4 atom stereocenters. The van der Waals surface area contributed by atoms with Crippen molar-refractivity contribution in [1.29, 1.82) is 0 Å². The zero-order valence-electron chi connectivity index (χ0n) is 8.75. The first-order valence-electron chi connectivity index (χ1n) is 5.67. The van der Waals surface area contributed by atoms with E-state index in [0.29, 0.717) is 24.3 Å². The van der Waals surface area contributed by atoms with Gasteiger partial charge in [-0.1, -0.05) is 6.42 Å². The van der Waals surface area contributed by atoms with E-state index in [1.165, 1.54) is 32.1 Å². The van der Waals surface area contributed by atoms with Crippen molar-refractivity contribution >= 4 is 0 Å². The number of hydrogen-bond acceptors (Lipinski definition) is 2. The molecule has 0 spiro atoms. The van der Waals surface area contributed by atoms with E-state index in [1.54, 1.807) is 0 Å². The lowest BCUT2D eigenvalue weighted by Crippen LogP contribution is -2.47. The fraction of sp³-hybridized carbons (Fsp3) is 1.00. The van der Waals surface area contributed by atoms with Crippen LogP contribution in [-0.2, 0) is 4.74 Å². The van der Waals surface area contributed by atoms with Crippen LogP contribution in [0.4, 0.5) is 0 Å². The van der Waals surface area contributed by atoms with E-state index in [1.807, 2.05) is 0 Å². The topological polar surface area (TPSA) is 21.3 Å². The third-order valence-electron chi connectivity index (χ3n) is 3.36. The lowest BCUT2D eigenvalue weighted by atomic mass is 9.94. The van der Waals surface area contributed by atoms with E-state index in [9.17, 15) is 0 Å². The van der Waals surface area contributed by atoms with Crippen LogP contribution in [0.1, 0.15) is 46.0 Å². The van der Waals surface area contributed by atoms with Gasteiger partial charge in [0.2, 0.25) is 0 Å². The smallest absolute Gasteiger partial charge is 0.0732 e. The Morgan fingerprint density at radius 1 is 1.08 bits per heavy atom. The second kappa shape index (κ2) is 3.97. The molecule has 2 rings (SSSR count). The second-order valence-electron chi connectivity index (χ2n) is 4.67. The molecule has 2 fully saturated rings. The van der Waals surface area contributed by atoms with Crippen LogP contribution in [-0.4, -0.2) is 24.3 Å². The molecule has 2 saturated heterocycles. The highest BCUT2D eigenvalue weighted by atomic mass is 16.5. The van der Waals surface area contributed by atoms with Crippen LogP contribution in [0.2, 0.25) is 0 Å². The molecule has 2 aliphatic heterocycles. The summed E-state index contributed by atoms with van der Waals surface area (Å²) in [6.07, 6.45) is 7.50. The normalized spacial score (nSPS) is 46.6. The molecule has 4 unspecified atom stereocenters. The van der Waals surface area contributed by atoms with Gasteiger partial charge >= 0.3 is 0 Å². The minimum absolute atomic E-state index is 0.490. The Balaban J connectivity index is 1.85. The summed E-state index contributed by atoms with van der Waals surface area (Å²) in [5.41, 5.74) is 0. The van der Waals surface area contributed by atoms with E-state index in [0.717, 1.165) is 0 Å². The van der Waals surface area contributed by atoms with Crippen LogP contribution < -0.4 is 5.32 Å². The van der Waals surface area contributed by atoms with Gasteiger partial charge in [0, 0.05) is 12.1 Å². The standard InChI is InChI=1S/C11H21NO/c1-8-4-3-5-10(12-8)11-7-6-9(2)13-11/h8-12H,3-7H2,1-2H3. The lowest BCUT2D eigenvalue weighted by Gasteiger charge is -2.32. The van der Waals surface area contributed by atoms with Crippen molar-refractivity contribution in [2.45, 2.75) is 70.2 Å². The molecule has 0 aromatic heterocycles.